The molecule has 3 nitrogen and oxygen atoms in total. The van der Waals surface area contributed by atoms with E-state index in [4.69, 9.17) is 10.5 Å². The summed E-state index contributed by atoms with van der Waals surface area (Å²) in [7, 11) is 1.74. The average molecular weight is 250 g/mol. The largest absolute Gasteiger partial charge is 0.383 e. The lowest BCUT2D eigenvalue weighted by Crippen LogP contribution is -2.41. The van der Waals surface area contributed by atoms with Crippen molar-refractivity contribution < 1.29 is 4.74 Å². The number of methoxy groups -OCH3 is 1. The Hall–Kier alpha value is -0.900. The minimum Gasteiger partial charge on any atom is -0.383 e. The number of benzene rings is 1. The van der Waals surface area contributed by atoms with E-state index in [1.807, 2.05) is 6.07 Å². The van der Waals surface area contributed by atoms with Crippen molar-refractivity contribution in [2.75, 3.05) is 26.8 Å². The Morgan fingerprint density at radius 2 is 1.94 bits per heavy atom. The molecule has 0 amide bonds. The van der Waals surface area contributed by atoms with Crippen LogP contribution in [0.3, 0.4) is 0 Å². The van der Waals surface area contributed by atoms with Crippen LogP contribution >= 0.6 is 0 Å². The summed E-state index contributed by atoms with van der Waals surface area (Å²) in [6.45, 7) is 6.76. The van der Waals surface area contributed by atoms with Crippen molar-refractivity contribution in [1.29, 1.82) is 0 Å². The number of rotatable bonds is 8. The zero-order valence-corrected chi connectivity index (χ0v) is 11.8. The number of nitrogens with zero attached hydrogens (tertiary/aromatic N) is 1. The molecule has 0 bridgehead atoms. The van der Waals surface area contributed by atoms with Gasteiger partial charge in [-0.15, -0.1) is 0 Å². The molecule has 102 valence electrons. The molecular weight excluding hydrogens is 224 g/mol. The van der Waals surface area contributed by atoms with E-state index in [-0.39, 0.29) is 6.04 Å². The minimum absolute atomic E-state index is 0.274. The van der Waals surface area contributed by atoms with Crippen molar-refractivity contribution in [3.05, 3.63) is 35.9 Å². The Morgan fingerprint density at radius 1 is 1.28 bits per heavy atom. The van der Waals surface area contributed by atoms with Gasteiger partial charge in [-0.05, 0) is 18.9 Å². The first-order valence-electron chi connectivity index (χ1n) is 6.74. The predicted octanol–water partition coefficient (Wildman–Crippen LogP) is 2.43. The highest BCUT2D eigenvalue weighted by atomic mass is 16.5. The van der Waals surface area contributed by atoms with E-state index >= 15 is 0 Å². The molecule has 2 N–H and O–H groups in total. The number of hydrogen-bond donors (Lipinski definition) is 1. The maximum atomic E-state index is 5.99. The zero-order chi connectivity index (χ0) is 13.4. The summed E-state index contributed by atoms with van der Waals surface area (Å²) in [5, 5.41) is 0. The molecule has 0 heterocycles. The highest BCUT2D eigenvalue weighted by Gasteiger charge is 2.22. The van der Waals surface area contributed by atoms with Gasteiger partial charge in [0.05, 0.1) is 6.61 Å². The van der Waals surface area contributed by atoms with Crippen LogP contribution in [0.25, 0.3) is 0 Å². The summed E-state index contributed by atoms with van der Waals surface area (Å²) in [6, 6.07) is 11.3. The fourth-order valence-electron chi connectivity index (χ4n) is 2.25. The van der Waals surface area contributed by atoms with Crippen LogP contribution in [0.4, 0.5) is 0 Å². The normalized spacial score (nSPS) is 14.7. The average Bonchev–Trinajstić information content (AvgIpc) is 2.43. The van der Waals surface area contributed by atoms with Crippen LogP contribution < -0.4 is 5.73 Å². The quantitative estimate of drug-likeness (QED) is 0.770. The Balaban J connectivity index is 2.86. The first-order valence-corrected chi connectivity index (χ1v) is 6.74. The summed E-state index contributed by atoms with van der Waals surface area (Å²) in [5.74, 6) is 0. The van der Waals surface area contributed by atoms with E-state index in [0.29, 0.717) is 12.6 Å². The van der Waals surface area contributed by atoms with Gasteiger partial charge in [0.25, 0.3) is 0 Å². The molecule has 0 spiro atoms. The van der Waals surface area contributed by atoms with Crippen molar-refractivity contribution in [2.45, 2.75) is 32.4 Å². The summed E-state index contributed by atoms with van der Waals surface area (Å²) >= 11 is 0. The van der Waals surface area contributed by atoms with Crippen molar-refractivity contribution in [2.24, 2.45) is 5.73 Å². The van der Waals surface area contributed by atoms with Crippen LogP contribution in [0.2, 0.25) is 0 Å². The lowest BCUT2D eigenvalue weighted by molar-refractivity contribution is 0.0902. The molecule has 2 unspecified atom stereocenters. The molecule has 1 aromatic carbocycles. The smallest absolute Gasteiger partial charge is 0.0590 e. The fraction of sp³-hybridized carbons (Fsp3) is 0.600. The highest BCUT2D eigenvalue weighted by Crippen LogP contribution is 2.22. The van der Waals surface area contributed by atoms with Gasteiger partial charge in [0.15, 0.2) is 0 Å². The first kappa shape index (κ1) is 15.2. The molecule has 0 fully saturated rings. The molecule has 0 saturated carbocycles. The van der Waals surface area contributed by atoms with Gasteiger partial charge < -0.3 is 10.5 Å². The van der Waals surface area contributed by atoms with Gasteiger partial charge in [-0.1, -0.05) is 37.3 Å². The lowest BCUT2D eigenvalue weighted by atomic mass is 10.0. The lowest BCUT2D eigenvalue weighted by Gasteiger charge is -2.35. The van der Waals surface area contributed by atoms with E-state index < -0.39 is 0 Å². The van der Waals surface area contributed by atoms with Gasteiger partial charge in [-0.3, -0.25) is 4.90 Å². The summed E-state index contributed by atoms with van der Waals surface area (Å²) in [5.41, 5.74) is 7.28. The van der Waals surface area contributed by atoms with Gasteiger partial charge in [-0.2, -0.15) is 0 Å². The van der Waals surface area contributed by atoms with Gasteiger partial charge >= 0.3 is 0 Å². The molecule has 0 aliphatic rings. The van der Waals surface area contributed by atoms with Crippen molar-refractivity contribution >= 4 is 0 Å². The molecule has 0 aliphatic carbocycles. The molecule has 18 heavy (non-hydrogen) atoms. The third kappa shape index (κ3) is 4.09. The molecule has 3 heteroatoms. The monoisotopic (exact) mass is 250 g/mol. The second-order valence-electron chi connectivity index (χ2n) is 4.65. The van der Waals surface area contributed by atoms with Gasteiger partial charge in [0, 0.05) is 32.3 Å². The van der Waals surface area contributed by atoms with Crippen molar-refractivity contribution in [3.8, 4) is 0 Å². The molecule has 1 aromatic rings. The van der Waals surface area contributed by atoms with Crippen LogP contribution in [0, 0.1) is 0 Å². The molecule has 1 rings (SSSR count). The summed E-state index contributed by atoms with van der Waals surface area (Å²) in [6.07, 6.45) is 1.12. The second-order valence-corrected chi connectivity index (χ2v) is 4.65. The first-order chi connectivity index (χ1) is 8.74. The van der Waals surface area contributed by atoms with Gasteiger partial charge in [0.1, 0.15) is 0 Å². The van der Waals surface area contributed by atoms with Gasteiger partial charge in [-0.25, -0.2) is 0 Å². The Bertz CT molecular complexity index is 316. The van der Waals surface area contributed by atoms with Crippen LogP contribution in [-0.4, -0.2) is 37.7 Å². The van der Waals surface area contributed by atoms with E-state index in [9.17, 15) is 0 Å². The second kappa shape index (κ2) is 8.25. The number of ether oxygens (including phenoxy) is 1. The van der Waals surface area contributed by atoms with Crippen LogP contribution in [-0.2, 0) is 4.74 Å². The fourth-order valence-corrected chi connectivity index (χ4v) is 2.25. The molecule has 0 aliphatic heterocycles. The Kier molecular flexibility index (Phi) is 6.94. The van der Waals surface area contributed by atoms with E-state index in [1.165, 1.54) is 5.56 Å². The third-order valence-corrected chi connectivity index (χ3v) is 3.52. The van der Waals surface area contributed by atoms with E-state index in [1.54, 1.807) is 7.11 Å². The Morgan fingerprint density at radius 3 is 2.44 bits per heavy atom. The van der Waals surface area contributed by atoms with Crippen LogP contribution in [0.1, 0.15) is 31.9 Å². The zero-order valence-electron chi connectivity index (χ0n) is 11.8. The predicted molar refractivity (Wildman–Crippen MR) is 76.6 cm³/mol. The SMILES string of the molecule is CCC(C)N(CCOC)C(CN)c1ccccc1. The Labute approximate surface area is 111 Å². The summed E-state index contributed by atoms with van der Waals surface area (Å²) in [4.78, 5) is 2.44. The van der Waals surface area contributed by atoms with Crippen LogP contribution in [0.15, 0.2) is 30.3 Å². The molecule has 0 radical (unpaired) electrons. The molecule has 0 aromatic heterocycles. The van der Waals surface area contributed by atoms with Gasteiger partial charge in [0.2, 0.25) is 0 Å². The maximum Gasteiger partial charge on any atom is 0.0590 e. The number of nitrogens with two attached hydrogens (primary N) is 1. The topological polar surface area (TPSA) is 38.5 Å². The van der Waals surface area contributed by atoms with E-state index in [0.717, 1.165) is 19.6 Å². The number of hydrogen-bond acceptors (Lipinski definition) is 3. The van der Waals surface area contributed by atoms with Crippen molar-refractivity contribution in [3.63, 3.8) is 0 Å². The highest BCUT2D eigenvalue weighted by molar-refractivity contribution is 5.19. The van der Waals surface area contributed by atoms with Crippen LogP contribution in [0.5, 0.6) is 0 Å². The standard InChI is InChI=1S/C15H26N2O/c1-4-13(2)17(10-11-18-3)15(12-16)14-8-6-5-7-9-14/h5-9,13,15H,4,10-12,16H2,1-3H3. The van der Waals surface area contributed by atoms with E-state index in [2.05, 4.69) is 43.0 Å². The maximum absolute atomic E-state index is 5.99. The molecule has 0 saturated heterocycles. The molecular formula is C15H26N2O. The van der Waals surface area contributed by atoms with Crippen molar-refractivity contribution in [1.82, 2.24) is 4.90 Å². The third-order valence-electron chi connectivity index (χ3n) is 3.52. The molecule has 2 atom stereocenters. The summed E-state index contributed by atoms with van der Waals surface area (Å²) < 4.78 is 5.22. The minimum atomic E-state index is 0.274.